The van der Waals surface area contributed by atoms with Crippen molar-refractivity contribution in [2.75, 3.05) is 0 Å². The van der Waals surface area contributed by atoms with Gasteiger partial charge in [-0.1, -0.05) is 13.8 Å². The Balaban J connectivity index is 1.93. The van der Waals surface area contributed by atoms with Crippen molar-refractivity contribution in [1.29, 1.82) is 0 Å². The Kier molecular flexibility index (Phi) is 4.88. The van der Waals surface area contributed by atoms with Crippen molar-refractivity contribution in [2.24, 2.45) is 23.7 Å². The zero-order valence-corrected chi connectivity index (χ0v) is 11.9. The van der Waals surface area contributed by atoms with Gasteiger partial charge >= 0.3 is 0 Å². The van der Waals surface area contributed by atoms with Crippen molar-refractivity contribution >= 4 is 0 Å². The summed E-state index contributed by atoms with van der Waals surface area (Å²) in [5.41, 5.74) is 0. The number of hydrogen-bond acceptors (Lipinski definition) is 4. The summed E-state index contributed by atoms with van der Waals surface area (Å²) in [4.78, 5) is 0. The molecule has 4 N–H and O–H groups in total. The molecule has 4 heteroatoms. The maximum Gasteiger partial charge on any atom is 0.106 e. The van der Waals surface area contributed by atoms with Crippen LogP contribution in [0.2, 0.25) is 0 Å². The van der Waals surface area contributed by atoms with Crippen LogP contribution in [0, 0.1) is 23.7 Å². The molecule has 0 saturated heterocycles. The summed E-state index contributed by atoms with van der Waals surface area (Å²) in [5, 5.41) is 39.3. The lowest BCUT2D eigenvalue weighted by Gasteiger charge is -2.41. The summed E-state index contributed by atoms with van der Waals surface area (Å²) < 4.78 is 0. The van der Waals surface area contributed by atoms with Crippen LogP contribution in [0.25, 0.3) is 0 Å². The first-order valence-corrected chi connectivity index (χ1v) is 7.62. The van der Waals surface area contributed by atoms with Gasteiger partial charge in [0.25, 0.3) is 0 Å². The molecule has 0 heterocycles. The minimum Gasteiger partial charge on any atom is -0.393 e. The van der Waals surface area contributed by atoms with Crippen LogP contribution in [-0.4, -0.2) is 44.8 Å². The molecule has 19 heavy (non-hydrogen) atoms. The summed E-state index contributed by atoms with van der Waals surface area (Å²) >= 11 is 0. The van der Waals surface area contributed by atoms with Crippen molar-refractivity contribution in [3.05, 3.63) is 0 Å². The minimum absolute atomic E-state index is 0.0771. The van der Waals surface area contributed by atoms with Gasteiger partial charge in [0, 0.05) is 0 Å². The van der Waals surface area contributed by atoms with E-state index < -0.39 is 18.3 Å². The zero-order valence-electron chi connectivity index (χ0n) is 11.9. The second-order valence-corrected chi connectivity index (χ2v) is 6.88. The molecule has 0 aromatic rings. The third-order valence-corrected chi connectivity index (χ3v) is 5.42. The van der Waals surface area contributed by atoms with Gasteiger partial charge < -0.3 is 20.4 Å². The van der Waals surface area contributed by atoms with E-state index in [0.717, 1.165) is 25.7 Å². The van der Waals surface area contributed by atoms with Crippen molar-refractivity contribution < 1.29 is 20.4 Å². The summed E-state index contributed by atoms with van der Waals surface area (Å²) in [5.74, 6) is 1.36. The predicted molar refractivity (Wildman–Crippen MR) is 72.4 cm³/mol. The second-order valence-electron chi connectivity index (χ2n) is 6.88. The van der Waals surface area contributed by atoms with Gasteiger partial charge in [0.1, 0.15) is 6.10 Å². The van der Waals surface area contributed by atoms with Gasteiger partial charge in [0.15, 0.2) is 0 Å². The van der Waals surface area contributed by atoms with E-state index in [0.29, 0.717) is 24.2 Å². The maximum atomic E-state index is 10.1. The molecule has 0 aromatic carbocycles. The van der Waals surface area contributed by atoms with Crippen molar-refractivity contribution in [2.45, 2.75) is 70.4 Å². The van der Waals surface area contributed by atoms with E-state index in [9.17, 15) is 20.4 Å². The number of hydrogen-bond donors (Lipinski definition) is 4. The fourth-order valence-electron chi connectivity index (χ4n) is 3.88. The highest BCUT2D eigenvalue weighted by atomic mass is 16.4. The molecule has 0 aromatic heterocycles. The van der Waals surface area contributed by atoms with E-state index in [-0.39, 0.29) is 12.0 Å². The van der Waals surface area contributed by atoms with E-state index in [2.05, 4.69) is 13.8 Å². The van der Waals surface area contributed by atoms with Crippen LogP contribution in [-0.2, 0) is 0 Å². The molecular formula is C15H28O4. The molecule has 112 valence electrons. The SMILES string of the molecule is CC1CC(CC2CCC(O)C(O)C2O)C(C)CC1O. The number of rotatable bonds is 2. The monoisotopic (exact) mass is 272 g/mol. The molecule has 0 aliphatic heterocycles. The molecule has 8 unspecified atom stereocenters. The zero-order chi connectivity index (χ0) is 14.2. The van der Waals surface area contributed by atoms with Crippen molar-refractivity contribution in [3.63, 3.8) is 0 Å². The standard InChI is InChI=1S/C15H28O4/c1-8-6-13(17)9(2)5-11(8)7-10-3-4-12(16)15(19)14(10)18/h8-19H,3-7H2,1-2H3. The van der Waals surface area contributed by atoms with Gasteiger partial charge in [0.05, 0.1) is 18.3 Å². The fourth-order valence-corrected chi connectivity index (χ4v) is 3.88. The molecule has 0 radical (unpaired) electrons. The van der Waals surface area contributed by atoms with Crippen LogP contribution in [0.5, 0.6) is 0 Å². The highest BCUT2D eigenvalue weighted by Crippen LogP contribution is 2.40. The normalized spacial score (nSPS) is 52.1. The summed E-state index contributed by atoms with van der Waals surface area (Å²) in [6.45, 7) is 4.25. The van der Waals surface area contributed by atoms with Gasteiger partial charge in [-0.25, -0.2) is 0 Å². The Morgan fingerprint density at radius 2 is 1.42 bits per heavy atom. The van der Waals surface area contributed by atoms with Crippen LogP contribution in [0.1, 0.15) is 46.0 Å². The quantitative estimate of drug-likeness (QED) is 0.602. The topological polar surface area (TPSA) is 80.9 Å². The van der Waals surface area contributed by atoms with Gasteiger partial charge in [-0.05, 0) is 55.8 Å². The first-order chi connectivity index (χ1) is 8.90. The molecule has 2 fully saturated rings. The second kappa shape index (κ2) is 6.08. The minimum atomic E-state index is -0.999. The Morgan fingerprint density at radius 3 is 2.11 bits per heavy atom. The molecule has 2 aliphatic carbocycles. The van der Waals surface area contributed by atoms with E-state index in [1.807, 2.05) is 0 Å². The smallest absolute Gasteiger partial charge is 0.106 e. The Labute approximate surface area is 115 Å². The van der Waals surface area contributed by atoms with Gasteiger partial charge in [-0.15, -0.1) is 0 Å². The highest BCUT2D eigenvalue weighted by molar-refractivity contribution is 4.90. The lowest BCUT2D eigenvalue weighted by Crippen LogP contribution is -2.47. The van der Waals surface area contributed by atoms with Gasteiger partial charge in [-0.3, -0.25) is 0 Å². The molecule has 8 atom stereocenters. The molecule has 0 bridgehead atoms. The molecular weight excluding hydrogens is 244 g/mol. The Bertz CT molecular complexity index is 296. The molecule has 0 amide bonds. The summed E-state index contributed by atoms with van der Waals surface area (Å²) in [7, 11) is 0. The molecule has 4 nitrogen and oxygen atoms in total. The van der Waals surface area contributed by atoms with Crippen LogP contribution in [0.15, 0.2) is 0 Å². The average molecular weight is 272 g/mol. The van der Waals surface area contributed by atoms with Crippen molar-refractivity contribution in [1.82, 2.24) is 0 Å². The molecule has 2 aliphatic rings. The average Bonchev–Trinajstić information content (AvgIpc) is 2.36. The number of aliphatic hydroxyl groups is 4. The van der Waals surface area contributed by atoms with E-state index in [4.69, 9.17) is 0 Å². The summed E-state index contributed by atoms with van der Waals surface area (Å²) in [6.07, 6.45) is 1.28. The first-order valence-electron chi connectivity index (χ1n) is 7.62. The van der Waals surface area contributed by atoms with Gasteiger partial charge in [-0.2, -0.15) is 0 Å². The van der Waals surface area contributed by atoms with Gasteiger partial charge in [0.2, 0.25) is 0 Å². The summed E-state index contributed by atoms with van der Waals surface area (Å²) in [6, 6.07) is 0. The number of aliphatic hydroxyl groups excluding tert-OH is 4. The molecule has 0 spiro atoms. The Hall–Kier alpha value is -0.160. The largest absolute Gasteiger partial charge is 0.393 e. The van der Waals surface area contributed by atoms with E-state index in [1.165, 1.54) is 0 Å². The third kappa shape index (κ3) is 3.30. The molecule has 2 saturated carbocycles. The third-order valence-electron chi connectivity index (χ3n) is 5.42. The predicted octanol–water partition coefficient (Wildman–Crippen LogP) is 0.912. The Morgan fingerprint density at radius 1 is 0.737 bits per heavy atom. The fraction of sp³-hybridized carbons (Fsp3) is 1.00. The maximum absolute atomic E-state index is 10.1. The van der Waals surface area contributed by atoms with Crippen LogP contribution in [0.4, 0.5) is 0 Å². The van der Waals surface area contributed by atoms with Crippen LogP contribution >= 0.6 is 0 Å². The lowest BCUT2D eigenvalue weighted by molar-refractivity contribution is -0.117. The lowest BCUT2D eigenvalue weighted by atomic mass is 9.68. The highest BCUT2D eigenvalue weighted by Gasteiger charge is 2.40. The first kappa shape index (κ1) is 15.2. The van der Waals surface area contributed by atoms with Crippen LogP contribution < -0.4 is 0 Å². The van der Waals surface area contributed by atoms with Crippen LogP contribution in [0.3, 0.4) is 0 Å². The van der Waals surface area contributed by atoms with E-state index >= 15 is 0 Å². The van der Waals surface area contributed by atoms with Crippen molar-refractivity contribution in [3.8, 4) is 0 Å². The van der Waals surface area contributed by atoms with E-state index in [1.54, 1.807) is 0 Å². The molecule has 2 rings (SSSR count).